The molecule has 6 nitrogen and oxygen atoms in total. The van der Waals surface area contributed by atoms with E-state index in [1.54, 1.807) is 48.5 Å². The van der Waals surface area contributed by atoms with Gasteiger partial charge in [-0.15, -0.1) is 0 Å². The molecule has 30 heavy (non-hydrogen) atoms. The van der Waals surface area contributed by atoms with Crippen LogP contribution in [0.4, 0.5) is 5.69 Å². The van der Waals surface area contributed by atoms with E-state index in [2.05, 4.69) is 5.32 Å². The van der Waals surface area contributed by atoms with Crippen LogP contribution in [-0.2, 0) is 14.8 Å². The second-order valence-corrected chi connectivity index (χ2v) is 10.2. The number of carbonyl (C=O) groups excluding carboxylic acids is 1. The van der Waals surface area contributed by atoms with Crippen molar-refractivity contribution in [1.82, 2.24) is 5.32 Å². The Labute approximate surface area is 178 Å². The van der Waals surface area contributed by atoms with E-state index in [-0.39, 0.29) is 23.4 Å². The maximum absolute atomic E-state index is 13.4. The van der Waals surface area contributed by atoms with Crippen molar-refractivity contribution in [2.24, 2.45) is 11.8 Å². The molecular formula is C23H28N2O4S. The Hall–Kier alpha value is -2.54. The predicted molar refractivity (Wildman–Crippen MR) is 116 cm³/mol. The molecular weight excluding hydrogens is 400 g/mol. The third-order valence-electron chi connectivity index (χ3n) is 6.32. The molecule has 2 bridgehead atoms. The number of nitrogens with one attached hydrogen (secondary N) is 1. The number of carbonyl (C=O) groups is 1. The minimum Gasteiger partial charge on any atom is -0.497 e. The monoisotopic (exact) mass is 428 g/mol. The SMILES string of the molecule is COc1cccc(N(CC(=O)N[C@@H]2C[C@@H]3CC[C@@H]2C3)S(=O)(=O)c2ccc(C)cc2)c1. The molecule has 0 spiro atoms. The lowest BCUT2D eigenvalue weighted by Crippen LogP contribution is -2.46. The van der Waals surface area contributed by atoms with Gasteiger partial charge in [-0.1, -0.05) is 30.2 Å². The number of nitrogens with zero attached hydrogens (tertiary/aromatic N) is 1. The van der Waals surface area contributed by atoms with Gasteiger partial charge in [-0.3, -0.25) is 9.10 Å². The summed E-state index contributed by atoms with van der Waals surface area (Å²) in [5.74, 6) is 1.49. The number of hydrogen-bond acceptors (Lipinski definition) is 4. The summed E-state index contributed by atoms with van der Waals surface area (Å²) in [6, 6.07) is 13.6. The summed E-state index contributed by atoms with van der Waals surface area (Å²) >= 11 is 0. The highest BCUT2D eigenvalue weighted by atomic mass is 32.2. The van der Waals surface area contributed by atoms with E-state index in [1.165, 1.54) is 24.3 Å². The fourth-order valence-electron chi connectivity index (χ4n) is 4.72. The van der Waals surface area contributed by atoms with Gasteiger partial charge in [-0.05, 0) is 62.3 Å². The first-order chi connectivity index (χ1) is 14.4. The zero-order valence-corrected chi connectivity index (χ0v) is 18.2. The Balaban J connectivity index is 1.61. The maximum Gasteiger partial charge on any atom is 0.264 e. The maximum atomic E-state index is 13.4. The van der Waals surface area contributed by atoms with Crippen LogP contribution >= 0.6 is 0 Å². The van der Waals surface area contributed by atoms with Crippen molar-refractivity contribution in [3.05, 3.63) is 54.1 Å². The largest absolute Gasteiger partial charge is 0.497 e. The van der Waals surface area contributed by atoms with E-state index in [4.69, 9.17) is 4.74 Å². The molecule has 0 heterocycles. The fraction of sp³-hybridized carbons (Fsp3) is 0.435. The van der Waals surface area contributed by atoms with Crippen LogP contribution in [0.25, 0.3) is 0 Å². The molecule has 160 valence electrons. The van der Waals surface area contributed by atoms with Crippen molar-refractivity contribution in [3.8, 4) is 5.75 Å². The van der Waals surface area contributed by atoms with Gasteiger partial charge in [0.25, 0.3) is 10.0 Å². The van der Waals surface area contributed by atoms with Crippen molar-refractivity contribution >= 4 is 21.6 Å². The number of methoxy groups -OCH3 is 1. The second-order valence-electron chi connectivity index (χ2n) is 8.38. The Morgan fingerprint density at radius 1 is 1.13 bits per heavy atom. The lowest BCUT2D eigenvalue weighted by Gasteiger charge is -2.27. The molecule has 0 aromatic heterocycles. The predicted octanol–water partition coefficient (Wildman–Crippen LogP) is 3.50. The third-order valence-corrected chi connectivity index (χ3v) is 8.11. The summed E-state index contributed by atoms with van der Waals surface area (Å²) in [6.07, 6.45) is 4.57. The van der Waals surface area contributed by atoms with Crippen LogP contribution < -0.4 is 14.4 Å². The van der Waals surface area contributed by atoms with Crippen molar-refractivity contribution in [3.63, 3.8) is 0 Å². The van der Waals surface area contributed by atoms with E-state index in [0.717, 1.165) is 18.4 Å². The molecule has 2 fully saturated rings. The van der Waals surface area contributed by atoms with Gasteiger partial charge >= 0.3 is 0 Å². The fourth-order valence-corrected chi connectivity index (χ4v) is 6.14. The van der Waals surface area contributed by atoms with Gasteiger partial charge in [-0.2, -0.15) is 0 Å². The van der Waals surface area contributed by atoms with E-state index >= 15 is 0 Å². The quantitative estimate of drug-likeness (QED) is 0.732. The topological polar surface area (TPSA) is 75.7 Å². The van der Waals surface area contributed by atoms with E-state index in [0.29, 0.717) is 23.3 Å². The molecule has 0 unspecified atom stereocenters. The number of aryl methyl sites for hydroxylation is 1. The number of hydrogen-bond donors (Lipinski definition) is 1. The van der Waals surface area contributed by atoms with E-state index < -0.39 is 10.0 Å². The zero-order valence-electron chi connectivity index (χ0n) is 17.4. The number of rotatable bonds is 7. The Morgan fingerprint density at radius 3 is 2.53 bits per heavy atom. The highest BCUT2D eigenvalue weighted by Crippen LogP contribution is 2.44. The smallest absolute Gasteiger partial charge is 0.264 e. The van der Waals surface area contributed by atoms with Gasteiger partial charge in [0.2, 0.25) is 5.91 Å². The molecule has 1 amide bonds. The van der Waals surface area contributed by atoms with Crippen LogP contribution in [0, 0.1) is 18.8 Å². The van der Waals surface area contributed by atoms with Crippen molar-refractivity contribution < 1.29 is 17.9 Å². The van der Waals surface area contributed by atoms with Gasteiger partial charge < -0.3 is 10.1 Å². The Kier molecular flexibility index (Phi) is 5.73. The Bertz CT molecular complexity index is 1020. The molecule has 2 aromatic rings. The van der Waals surface area contributed by atoms with Crippen LogP contribution in [0.15, 0.2) is 53.4 Å². The van der Waals surface area contributed by atoms with Crippen LogP contribution in [0.2, 0.25) is 0 Å². The number of fused-ring (bicyclic) bond motifs is 2. The molecule has 2 aliphatic rings. The Morgan fingerprint density at radius 2 is 1.90 bits per heavy atom. The van der Waals surface area contributed by atoms with Crippen molar-refractivity contribution in [2.75, 3.05) is 18.0 Å². The number of anilines is 1. The molecule has 7 heteroatoms. The van der Waals surface area contributed by atoms with E-state index in [9.17, 15) is 13.2 Å². The minimum absolute atomic E-state index is 0.156. The first-order valence-electron chi connectivity index (χ1n) is 10.4. The van der Waals surface area contributed by atoms with Crippen LogP contribution in [0.3, 0.4) is 0 Å². The van der Waals surface area contributed by atoms with Gasteiger partial charge in [0, 0.05) is 12.1 Å². The average Bonchev–Trinajstić information content (AvgIpc) is 3.35. The molecule has 0 saturated heterocycles. The summed E-state index contributed by atoms with van der Waals surface area (Å²) in [4.78, 5) is 13.1. The molecule has 0 radical (unpaired) electrons. The van der Waals surface area contributed by atoms with Crippen molar-refractivity contribution in [1.29, 1.82) is 0 Å². The standard InChI is InChI=1S/C23H28N2O4S/c1-16-6-10-21(11-7-16)30(27,28)25(19-4-3-5-20(14-19)29-2)15-23(26)24-22-13-17-8-9-18(22)12-17/h3-7,10-11,14,17-18,22H,8-9,12-13,15H2,1-2H3,(H,24,26)/t17-,18-,22-/m1/s1. The molecule has 2 aromatic carbocycles. The average molecular weight is 429 g/mol. The first-order valence-corrected chi connectivity index (χ1v) is 11.8. The summed E-state index contributed by atoms with van der Waals surface area (Å²) in [6.45, 7) is 1.64. The lowest BCUT2D eigenvalue weighted by molar-refractivity contribution is -0.120. The molecule has 1 N–H and O–H groups in total. The van der Waals surface area contributed by atoms with Crippen LogP contribution in [0.5, 0.6) is 5.75 Å². The molecule has 3 atom stereocenters. The van der Waals surface area contributed by atoms with Gasteiger partial charge in [-0.25, -0.2) is 8.42 Å². The normalized spacial score (nSPS) is 22.7. The molecule has 4 rings (SSSR count). The highest BCUT2D eigenvalue weighted by Gasteiger charge is 2.40. The third kappa shape index (κ3) is 4.17. The minimum atomic E-state index is -3.92. The second kappa shape index (κ2) is 8.30. The zero-order chi connectivity index (χ0) is 21.3. The van der Waals surface area contributed by atoms with E-state index in [1.807, 2.05) is 6.92 Å². The number of sulfonamides is 1. The molecule has 0 aliphatic heterocycles. The van der Waals surface area contributed by atoms with Gasteiger partial charge in [0.05, 0.1) is 17.7 Å². The summed E-state index contributed by atoms with van der Waals surface area (Å²) in [5, 5.41) is 3.10. The van der Waals surface area contributed by atoms with Crippen molar-refractivity contribution in [2.45, 2.75) is 43.5 Å². The number of amides is 1. The number of ether oxygens (including phenoxy) is 1. The summed E-state index contributed by atoms with van der Waals surface area (Å²) in [5.41, 5.74) is 1.37. The van der Waals surface area contributed by atoms with Crippen LogP contribution in [-0.4, -0.2) is 34.0 Å². The highest BCUT2D eigenvalue weighted by molar-refractivity contribution is 7.92. The summed E-state index contributed by atoms with van der Waals surface area (Å²) < 4.78 is 33.3. The van der Waals surface area contributed by atoms with Crippen LogP contribution in [0.1, 0.15) is 31.2 Å². The first kappa shape index (κ1) is 20.7. The molecule has 2 aliphatic carbocycles. The lowest BCUT2D eigenvalue weighted by atomic mass is 9.95. The number of benzene rings is 2. The molecule has 2 saturated carbocycles. The van der Waals surface area contributed by atoms with Gasteiger partial charge in [0.15, 0.2) is 0 Å². The van der Waals surface area contributed by atoms with Gasteiger partial charge in [0.1, 0.15) is 12.3 Å². The summed E-state index contributed by atoms with van der Waals surface area (Å²) in [7, 11) is -2.39.